The molecule has 0 amide bonds. The van der Waals surface area contributed by atoms with E-state index in [1.807, 2.05) is 12.1 Å². The molecular weight excluding hydrogens is 314 g/mol. The van der Waals surface area contributed by atoms with E-state index < -0.39 is 0 Å². The quantitative estimate of drug-likeness (QED) is 0.728. The first-order valence-electron chi connectivity index (χ1n) is 9.20. The van der Waals surface area contributed by atoms with Gasteiger partial charge in [-0.1, -0.05) is 6.92 Å². The molecule has 3 aromatic rings. The molecule has 6 nitrogen and oxygen atoms in total. The normalized spacial score (nSPS) is 15.2. The second-order valence-electron chi connectivity index (χ2n) is 6.73. The summed E-state index contributed by atoms with van der Waals surface area (Å²) in [7, 11) is 1.65. The first-order valence-corrected chi connectivity index (χ1v) is 9.20. The summed E-state index contributed by atoms with van der Waals surface area (Å²) in [5, 5.41) is 0. The van der Waals surface area contributed by atoms with Crippen LogP contribution in [0.2, 0.25) is 0 Å². The van der Waals surface area contributed by atoms with E-state index in [1.165, 1.54) is 19.3 Å². The Kier molecular flexibility index (Phi) is 4.19. The SMILES string of the molecule is CCCc1nc(C)c2c(N3CCCCC3)nc3ccc(OC)nc3n12. The van der Waals surface area contributed by atoms with Crippen LogP contribution < -0.4 is 9.64 Å². The van der Waals surface area contributed by atoms with Crippen LogP contribution in [-0.2, 0) is 6.42 Å². The first-order chi connectivity index (χ1) is 12.2. The number of ether oxygens (including phenoxy) is 1. The van der Waals surface area contributed by atoms with Crippen LogP contribution in [0.25, 0.3) is 16.7 Å². The van der Waals surface area contributed by atoms with Crippen molar-refractivity contribution in [1.82, 2.24) is 19.4 Å². The third-order valence-corrected chi connectivity index (χ3v) is 4.94. The zero-order chi connectivity index (χ0) is 17.4. The van der Waals surface area contributed by atoms with Crippen LogP contribution in [0, 0.1) is 6.92 Å². The summed E-state index contributed by atoms with van der Waals surface area (Å²) >= 11 is 0. The van der Waals surface area contributed by atoms with Crippen molar-refractivity contribution in [3.63, 3.8) is 0 Å². The summed E-state index contributed by atoms with van der Waals surface area (Å²) in [6, 6.07) is 3.88. The van der Waals surface area contributed by atoms with Crippen LogP contribution in [0.1, 0.15) is 44.1 Å². The molecule has 1 aliphatic heterocycles. The molecule has 132 valence electrons. The van der Waals surface area contributed by atoms with Crippen molar-refractivity contribution in [3.05, 3.63) is 23.7 Å². The largest absolute Gasteiger partial charge is 0.481 e. The van der Waals surface area contributed by atoms with Gasteiger partial charge in [0.05, 0.1) is 12.8 Å². The van der Waals surface area contributed by atoms with Crippen molar-refractivity contribution < 1.29 is 4.74 Å². The predicted molar refractivity (Wildman–Crippen MR) is 99.6 cm³/mol. The van der Waals surface area contributed by atoms with E-state index in [9.17, 15) is 0 Å². The molecule has 0 aromatic carbocycles. The number of nitrogens with zero attached hydrogens (tertiary/aromatic N) is 5. The fraction of sp³-hybridized carbons (Fsp3) is 0.526. The van der Waals surface area contributed by atoms with E-state index in [2.05, 4.69) is 28.1 Å². The highest BCUT2D eigenvalue weighted by Gasteiger charge is 2.22. The van der Waals surface area contributed by atoms with Gasteiger partial charge in [-0.2, -0.15) is 4.98 Å². The second kappa shape index (κ2) is 6.50. The molecule has 0 aliphatic carbocycles. The van der Waals surface area contributed by atoms with Gasteiger partial charge in [-0.3, -0.25) is 4.40 Å². The molecule has 0 saturated carbocycles. The molecule has 1 fully saturated rings. The highest BCUT2D eigenvalue weighted by atomic mass is 16.5. The van der Waals surface area contributed by atoms with E-state index in [1.54, 1.807) is 7.11 Å². The lowest BCUT2D eigenvalue weighted by Crippen LogP contribution is -2.30. The number of pyridine rings is 1. The van der Waals surface area contributed by atoms with Crippen molar-refractivity contribution >= 4 is 22.5 Å². The fourth-order valence-electron chi connectivity index (χ4n) is 3.75. The average molecular weight is 339 g/mol. The molecule has 1 saturated heterocycles. The molecule has 3 aromatic heterocycles. The lowest BCUT2D eigenvalue weighted by molar-refractivity contribution is 0.399. The van der Waals surface area contributed by atoms with Crippen LogP contribution in [0.15, 0.2) is 12.1 Å². The van der Waals surface area contributed by atoms with E-state index in [0.29, 0.717) is 5.88 Å². The van der Waals surface area contributed by atoms with E-state index in [-0.39, 0.29) is 0 Å². The molecule has 0 radical (unpaired) electrons. The minimum Gasteiger partial charge on any atom is -0.481 e. The monoisotopic (exact) mass is 339 g/mol. The molecule has 4 heterocycles. The Labute approximate surface area is 147 Å². The minimum atomic E-state index is 0.607. The summed E-state index contributed by atoms with van der Waals surface area (Å²) in [5.74, 6) is 2.71. The number of anilines is 1. The molecule has 0 N–H and O–H groups in total. The standard InChI is InChI=1S/C19H25N5O/c1-4-8-15-20-13(2)17-19(23-11-6-5-7-12-23)21-14-9-10-16(25-3)22-18(14)24(15)17/h9-10H,4-8,11-12H2,1-3H3. The van der Waals surface area contributed by atoms with Gasteiger partial charge in [-0.15, -0.1) is 0 Å². The Balaban J connectivity index is 2.04. The third kappa shape index (κ3) is 2.69. The Morgan fingerprint density at radius 1 is 1.08 bits per heavy atom. The smallest absolute Gasteiger partial charge is 0.215 e. The average Bonchev–Trinajstić information content (AvgIpc) is 2.98. The molecule has 1 aliphatic rings. The van der Waals surface area contributed by atoms with Crippen LogP contribution in [0.3, 0.4) is 0 Å². The van der Waals surface area contributed by atoms with Crippen molar-refractivity contribution in [1.29, 1.82) is 0 Å². The summed E-state index contributed by atoms with van der Waals surface area (Å²) < 4.78 is 7.54. The molecule has 25 heavy (non-hydrogen) atoms. The maximum absolute atomic E-state index is 5.34. The summed E-state index contributed by atoms with van der Waals surface area (Å²) in [6.45, 7) is 6.38. The molecule has 0 unspecified atom stereocenters. The van der Waals surface area contributed by atoms with Gasteiger partial charge in [0, 0.05) is 25.6 Å². The van der Waals surface area contributed by atoms with Crippen molar-refractivity contribution in [2.45, 2.75) is 46.0 Å². The Morgan fingerprint density at radius 3 is 2.60 bits per heavy atom. The van der Waals surface area contributed by atoms with Gasteiger partial charge in [0.2, 0.25) is 5.88 Å². The highest BCUT2D eigenvalue weighted by molar-refractivity contribution is 5.84. The summed E-state index contributed by atoms with van der Waals surface area (Å²) in [5.41, 5.74) is 3.85. The van der Waals surface area contributed by atoms with Crippen molar-refractivity contribution in [3.8, 4) is 5.88 Å². The zero-order valence-corrected chi connectivity index (χ0v) is 15.2. The number of rotatable bonds is 4. The van der Waals surface area contributed by atoms with Crippen LogP contribution >= 0.6 is 0 Å². The van der Waals surface area contributed by atoms with Crippen LogP contribution in [-0.4, -0.2) is 39.6 Å². The third-order valence-electron chi connectivity index (χ3n) is 4.94. The van der Waals surface area contributed by atoms with Gasteiger partial charge in [0.1, 0.15) is 16.9 Å². The molecule has 6 heteroatoms. The van der Waals surface area contributed by atoms with E-state index in [0.717, 1.165) is 59.9 Å². The number of fused-ring (bicyclic) bond motifs is 3. The molecular formula is C19H25N5O. The number of methoxy groups -OCH3 is 1. The van der Waals surface area contributed by atoms with Gasteiger partial charge in [-0.05, 0) is 38.7 Å². The highest BCUT2D eigenvalue weighted by Crippen LogP contribution is 2.30. The number of aromatic nitrogens is 4. The molecule has 0 atom stereocenters. The number of aryl methyl sites for hydroxylation is 2. The maximum Gasteiger partial charge on any atom is 0.215 e. The van der Waals surface area contributed by atoms with Crippen molar-refractivity contribution in [2.75, 3.05) is 25.1 Å². The summed E-state index contributed by atoms with van der Waals surface area (Å²) in [4.78, 5) is 16.9. The number of hydrogen-bond acceptors (Lipinski definition) is 5. The fourth-order valence-corrected chi connectivity index (χ4v) is 3.75. The Bertz CT molecular complexity index is 911. The van der Waals surface area contributed by atoms with E-state index in [4.69, 9.17) is 14.7 Å². The maximum atomic E-state index is 5.34. The second-order valence-corrected chi connectivity index (χ2v) is 6.73. The summed E-state index contributed by atoms with van der Waals surface area (Å²) in [6.07, 6.45) is 5.72. The van der Waals surface area contributed by atoms with Gasteiger partial charge < -0.3 is 9.64 Å². The topological polar surface area (TPSA) is 55.5 Å². The molecule has 0 spiro atoms. The lowest BCUT2D eigenvalue weighted by Gasteiger charge is -2.28. The van der Waals surface area contributed by atoms with Gasteiger partial charge in [0.15, 0.2) is 11.5 Å². The van der Waals surface area contributed by atoms with Crippen molar-refractivity contribution in [2.24, 2.45) is 0 Å². The number of imidazole rings is 1. The number of piperidine rings is 1. The zero-order valence-electron chi connectivity index (χ0n) is 15.2. The first kappa shape index (κ1) is 16.1. The molecule has 0 bridgehead atoms. The van der Waals surface area contributed by atoms with Crippen LogP contribution in [0.4, 0.5) is 5.82 Å². The number of hydrogen-bond donors (Lipinski definition) is 0. The Morgan fingerprint density at radius 2 is 1.88 bits per heavy atom. The molecule has 4 rings (SSSR count). The van der Waals surface area contributed by atoms with Gasteiger partial charge in [-0.25, -0.2) is 9.97 Å². The predicted octanol–water partition coefficient (Wildman–Crippen LogP) is 3.54. The van der Waals surface area contributed by atoms with Gasteiger partial charge in [0.25, 0.3) is 0 Å². The van der Waals surface area contributed by atoms with Gasteiger partial charge >= 0.3 is 0 Å². The Hall–Kier alpha value is -2.37. The lowest BCUT2D eigenvalue weighted by atomic mass is 10.1. The van der Waals surface area contributed by atoms with E-state index >= 15 is 0 Å². The minimum absolute atomic E-state index is 0.607. The van der Waals surface area contributed by atoms with Crippen LogP contribution in [0.5, 0.6) is 5.88 Å².